The maximum Gasteiger partial charge on any atom is 0.226 e. The molecule has 0 aliphatic carbocycles. The second kappa shape index (κ2) is 8.63. The molecule has 0 saturated carbocycles. The predicted molar refractivity (Wildman–Crippen MR) is 69.9 cm³/mol. The van der Waals surface area contributed by atoms with E-state index in [2.05, 4.69) is 10.5 Å². The summed E-state index contributed by atoms with van der Waals surface area (Å²) in [5, 5.41) is 15.3. The van der Waals surface area contributed by atoms with Crippen LogP contribution in [0.4, 0.5) is 5.82 Å². The molecule has 108 valence electrons. The number of anilines is 1. The average Bonchev–Trinajstić information content (AvgIpc) is 2.78. The highest BCUT2D eigenvalue weighted by Gasteiger charge is 2.09. The van der Waals surface area contributed by atoms with Gasteiger partial charge in [0.25, 0.3) is 0 Å². The molecule has 1 aromatic heterocycles. The number of amides is 1. The van der Waals surface area contributed by atoms with Crippen molar-refractivity contribution in [2.75, 3.05) is 45.3 Å². The Morgan fingerprint density at radius 2 is 2.32 bits per heavy atom. The van der Waals surface area contributed by atoms with E-state index in [9.17, 15) is 4.79 Å². The summed E-state index contributed by atoms with van der Waals surface area (Å²) in [6.45, 7) is 4.17. The van der Waals surface area contributed by atoms with Gasteiger partial charge in [0.05, 0.1) is 13.2 Å². The molecule has 0 aliphatic rings. The number of hydrogen-bond acceptors (Lipinski definition) is 6. The number of aryl methyl sites for hydroxylation is 1. The Kier molecular flexibility index (Phi) is 7.09. The first-order chi connectivity index (χ1) is 9.15. The minimum atomic E-state index is -0.131. The summed E-state index contributed by atoms with van der Waals surface area (Å²) < 4.78 is 9.84. The molecule has 7 heteroatoms. The predicted octanol–water partition coefficient (Wildman–Crippen LogP) is 0.252. The van der Waals surface area contributed by atoms with E-state index in [-0.39, 0.29) is 12.5 Å². The smallest absolute Gasteiger partial charge is 0.226 e. The van der Waals surface area contributed by atoms with Gasteiger partial charge >= 0.3 is 0 Å². The van der Waals surface area contributed by atoms with Crippen LogP contribution in [0.15, 0.2) is 10.6 Å². The molecule has 0 unspecified atom stereocenters. The molecule has 0 aromatic carbocycles. The second-order valence-electron chi connectivity index (χ2n) is 4.18. The average molecular weight is 271 g/mol. The number of methoxy groups -OCH3 is 1. The summed E-state index contributed by atoms with van der Waals surface area (Å²) in [5.41, 5.74) is 0. The lowest BCUT2D eigenvalue weighted by atomic mass is 10.3. The van der Waals surface area contributed by atoms with Gasteiger partial charge in [0.15, 0.2) is 5.82 Å². The third kappa shape index (κ3) is 6.32. The Balaban J connectivity index is 2.30. The highest BCUT2D eigenvalue weighted by atomic mass is 16.5. The number of ether oxygens (including phenoxy) is 1. The van der Waals surface area contributed by atoms with Crippen LogP contribution in [-0.4, -0.2) is 61.0 Å². The van der Waals surface area contributed by atoms with Gasteiger partial charge in [0, 0.05) is 39.2 Å². The number of nitrogens with one attached hydrogen (secondary N) is 1. The number of aliphatic hydroxyl groups is 1. The van der Waals surface area contributed by atoms with Crippen molar-refractivity contribution in [1.29, 1.82) is 0 Å². The fourth-order valence-corrected chi connectivity index (χ4v) is 1.59. The van der Waals surface area contributed by atoms with Crippen molar-refractivity contribution in [1.82, 2.24) is 10.1 Å². The Morgan fingerprint density at radius 3 is 2.89 bits per heavy atom. The molecule has 1 heterocycles. The number of hydrogen-bond donors (Lipinski definition) is 2. The zero-order chi connectivity index (χ0) is 14.1. The maximum absolute atomic E-state index is 11.7. The molecule has 0 saturated heterocycles. The van der Waals surface area contributed by atoms with Crippen molar-refractivity contribution >= 4 is 11.7 Å². The Morgan fingerprint density at radius 1 is 1.53 bits per heavy atom. The zero-order valence-corrected chi connectivity index (χ0v) is 11.4. The maximum atomic E-state index is 11.7. The van der Waals surface area contributed by atoms with Gasteiger partial charge in [-0.2, -0.15) is 0 Å². The van der Waals surface area contributed by atoms with Crippen LogP contribution in [0, 0.1) is 6.92 Å². The first kappa shape index (κ1) is 15.6. The number of carbonyl (C=O) groups excluding carboxylic acids is 1. The fourth-order valence-electron chi connectivity index (χ4n) is 1.59. The van der Waals surface area contributed by atoms with Gasteiger partial charge in [-0.1, -0.05) is 5.16 Å². The lowest BCUT2D eigenvalue weighted by Gasteiger charge is -2.20. The minimum Gasteiger partial charge on any atom is -0.395 e. The van der Waals surface area contributed by atoms with Crippen LogP contribution in [0.5, 0.6) is 0 Å². The summed E-state index contributed by atoms with van der Waals surface area (Å²) >= 11 is 0. The van der Waals surface area contributed by atoms with Crippen molar-refractivity contribution in [3.05, 3.63) is 11.8 Å². The summed E-state index contributed by atoms with van der Waals surface area (Å²) in [7, 11) is 1.62. The molecule has 2 N–H and O–H groups in total. The minimum absolute atomic E-state index is 0.0633. The first-order valence-electron chi connectivity index (χ1n) is 6.21. The first-order valence-corrected chi connectivity index (χ1v) is 6.21. The highest BCUT2D eigenvalue weighted by Crippen LogP contribution is 2.07. The second-order valence-corrected chi connectivity index (χ2v) is 4.18. The summed E-state index contributed by atoms with van der Waals surface area (Å²) in [5.74, 6) is 0.944. The number of carbonyl (C=O) groups is 1. The SMILES string of the molecule is COCCN(CCO)CCC(=O)Nc1cc(C)on1. The lowest BCUT2D eigenvalue weighted by molar-refractivity contribution is -0.116. The van der Waals surface area contributed by atoms with E-state index in [0.29, 0.717) is 44.2 Å². The van der Waals surface area contributed by atoms with E-state index in [4.69, 9.17) is 14.4 Å². The van der Waals surface area contributed by atoms with Gasteiger partial charge in [-0.3, -0.25) is 9.69 Å². The van der Waals surface area contributed by atoms with Gasteiger partial charge < -0.3 is 19.7 Å². The van der Waals surface area contributed by atoms with E-state index in [0.717, 1.165) is 0 Å². The van der Waals surface area contributed by atoms with Crippen molar-refractivity contribution in [2.24, 2.45) is 0 Å². The van der Waals surface area contributed by atoms with Crippen LogP contribution in [-0.2, 0) is 9.53 Å². The molecular formula is C12H21N3O4. The molecule has 0 atom stereocenters. The molecule has 1 amide bonds. The number of aliphatic hydroxyl groups excluding tert-OH is 1. The topological polar surface area (TPSA) is 87.8 Å². The number of nitrogens with zero attached hydrogens (tertiary/aromatic N) is 2. The van der Waals surface area contributed by atoms with Crippen molar-refractivity contribution in [2.45, 2.75) is 13.3 Å². The van der Waals surface area contributed by atoms with Crippen molar-refractivity contribution in [3.63, 3.8) is 0 Å². The van der Waals surface area contributed by atoms with Crippen LogP contribution < -0.4 is 5.32 Å². The van der Waals surface area contributed by atoms with E-state index in [1.54, 1.807) is 20.1 Å². The largest absolute Gasteiger partial charge is 0.395 e. The molecule has 0 aliphatic heterocycles. The molecule has 1 aromatic rings. The van der Waals surface area contributed by atoms with E-state index >= 15 is 0 Å². The number of rotatable bonds is 9. The molecule has 0 fully saturated rings. The van der Waals surface area contributed by atoms with Gasteiger partial charge in [0.2, 0.25) is 5.91 Å². The Bertz CT molecular complexity index is 381. The third-order valence-corrected chi connectivity index (χ3v) is 2.58. The lowest BCUT2D eigenvalue weighted by Crippen LogP contribution is -2.33. The van der Waals surface area contributed by atoms with Crippen LogP contribution in [0.1, 0.15) is 12.2 Å². The highest BCUT2D eigenvalue weighted by molar-refractivity contribution is 5.89. The van der Waals surface area contributed by atoms with Crippen molar-refractivity contribution in [3.8, 4) is 0 Å². The normalized spacial score (nSPS) is 10.9. The van der Waals surface area contributed by atoms with Gasteiger partial charge in [-0.25, -0.2) is 0 Å². The molecule has 1 rings (SSSR count). The summed E-state index contributed by atoms with van der Waals surface area (Å²) in [6, 6.07) is 1.66. The van der Waals surface area contributed by atoms with Gasteiger partial charge in [0.1, 0.15) is 5.76 Å². The molecule has 0 radical (unpaired) electrons. The zero-order valence-electron chi connectivity index (χ0n) is 11.4. The van der Waals surface area contributed by atoms with Crippen LogP contribution in [0.25, 0.3) is 0 Å². The van der Waals surface area contributed by atoms with Gasteiger partial charge in [-0.05, 0) is 6.92 Å². The monoisotopic (exact) mass is 271 g/mol. The summed E-state index contributed by atoms with van der Waals surface area (Å²) in [4.78, 5) is 13.7. The van der Waals surface area contributed by atoms with E-state index < -0.39 is 0 Å². The fraction of sp³-hybridized carbons (Fsp3) is 0.667. The Labute approximate surface area is 112 Å². The van der Waals surface area contributed by atoms with Crippen LogP contribution in [0.3, 0.4) is 0 Å². The third-order valence-electron chi connectivity index (χ3n) is 2.58. The molecule has 7 nitrogen and oxygen atoms in total. The standard InChI is InChI=1S/C12H21N3O4/c1-10-9-11(14-19-10)13-12(17)3-4-15(5-7-16)6-8-18-2/h9,16H,3-8H2,1-2H3,(H,13,14,17). The summed E-state index contributed by atoms with van der Waals surface area (Å²) in [6.07, 6.45) is 0.329. The molecule has 0 spiro atoms. The number of aromatic nitrogens is 1. The molecular weight excluding hydrogens is 250 g/mol. The van der Waals surface area contributed by atoms with Crippen LogP contribution >= 0.6 is 0 Å². The quantitative estimate of drug-likeness (QED) is 0.669. The van der Waals surface area contributed by atoms with E-state index in [1.807, 2.05) is 4.90 Å². The van der Waals surface area contributed by atoms with Crippen molar-refractivity contribution < 1.29 is 19.2 Å². The molecule has 19 heavy (non-hydrogen) atoms. The molecule has 0 bridgehead atoms. The van der Waals surface area contributed by atoms with Gasteiger partial charge in [-0.15, -0.1) is 0 Å². The van der Waals surface area contributed by atoms with Crippen LogP contribution in [0.2, 0.25) is 0 Å². The van der Waals surface area contributed by atoms with E-state index in [1.165, 1.54) is 0 Å². The Hall–Kier alpha value is -1.44.